The lowest BCUT2D eigenvalue weighted by atomic mass is 9.87. The van der Waals surface area contributed by atoms with Crippen molar-refractivity contribution in [2.45, 2.75) is 39.7 Å². The Balaban J connectivity index is 1.89. The molecule has 2 heterocycles. The molecule has 0 spiro atoms. The standard InChI is InChI=1S/C15H26N2O3/c1-4-20-14(19)15(2,3)13(18)11-16-8-9-17-7-5-6-12(17)10-16/h12H,4-11H2,1-3H3. The van der Waals surface area contributed by atoms with Gasteiger partial charge in [-0.25, -0.2) is 0 Å². The Kier molecular flexibility index (Phi) is 4.81. The van der Waals surface area contributed by atoms with Gasteiger partial charge in [0, 0.05) is 25.7 Å². The van der Waals surface area contributed by atoms with Gasteiger partial charge >= 0.3 is 5.97 Å². The van der Waals surface area contributed by atoms with Gasteiger partial charge in [-0.1, -0.05) is 0 Å². The topological polar surface area (TPSA) is 49.9 Å². The molecule has 1 atom stereocenters. The lowest BCUT2D eigenvalue weighted by Gasteiger charge is -2.38. The highest BCUT2D eigenvalue weighted by molar-refractivity contribution is 6.03. The predicted octanol–water partition coefficient (Wildman–Crippen LogP) is 0.925. The molecule has 1 unspecified atom stereocenters. The van der Waals surface area contributed by atoms with Crippen molar-refractivity contribution in [2.24, 2.45) is 5.41 Å². The highest BCUT2D eigenvalue weighted by atomic mass is 16.5. The van der Waals surface area contributed by atoms with Crippen molar-refractivity contribution in [1.82, 2.24) is 9.80 Å². The van der Waals surface area contributed by atoms with Gasteiger partial charge in [0.1, 0.15) is 5.41 Å². The van der Waals surface area contributed by atoms with Crippen LogP contribution in [0.4, 0.5) is 0 Å². The third-order valence-electron chi connectivity index (χ3n) is 4.52. The Morgan fingerprint density at radius 2 is 2.00 bits per heavy atom. The minimum absolute atomic E-state index is 0.0394. The van der Waals surface area contributed by atoms with Crippen LogP contribution in [0.1, 0.15) is 33.6 Å². The minimum atomic E-state index is -1.04. The SMILES string of the molecule is CCOC(=O)C(C)(C)C(=O)CN1CCN2CCCC2C1. The van der Waals surface area contributed by atoms with Crippen LogP contribution in [0.5, 0.6) is 0 Å². The van der Waals surface area contributed by atoms with Gasteiger partial charge in [-0.3, -0.25) is 19.4 Å². The lowest BCUT2D eigenvalue weighted by molar-refractivity contribution is -0.158. The van der Waals surface area contributed by atoms with E-state index in [-0.39, 0.29) is 5.78 Å². The number of rotatable bonds is 5. The second-order valence-electron chi connectivity index (χ2n) is 6.34. The molecule has 0 aromatic carbocycles. The van der Waals surface area contributed by atoms with Crippen LogP contribution in [0, 0.1) is 5.41 Å². The second kappa shape index (κ2) is 6.22. The molecule has 2 fully saturated rings. The molecule has 20 heavy (non-hydrogen) atoms. The molecule has 0 aromatic heterocycles. The molecule has 0 bridgehead atoms. The first-order valence-electron chi connectivity index (χ1n) is 7.62. The maximum atomic E-state index is 12.4. The summed E-state index contributed by atoms with van der Waals surface area (Å²) in [5.41, 5.74) is -1.04. The first-order valence-corrected chi connectivity index (χ1v) is 7.62. The summed E-state index contributed by atoms with van der Waals surface area (Å²) in [6, 6.07) is 0.599. The quantitative estimate of drug-likeness (QED) is 0.554. The number of fused-ring (bicyclic) bond motifs is 1. The number of nitrogens with zero attached hydrogens (tertiary/aromatic N) is 2. The van der Waals surface area contributed by atoms with E-state index in [9.17, 15) is 9.59 Å². The summed E-state index contributed by atoms with van der Waals surface area (Å²) >= 11 is 0. The molecule has 0 saturated carbocycles. The summed E-state index contributed by atoms with van der Waals surface area (Å²) < 4.78 is 5.00. The minimum Gasteiger partial charge on any atom is -0.465 e. The van der Waals surface area contributed by atoms with Crippen molar-refractivity contribution in [3.8, 4) is 0 Å². The van der Waals surface area contributed by atoms with Crippen LogP contribution in [0.15, 0.2) is 0 Å². The number of ketones is 1. The van der Waals surface area contributed by atoms with Crippen molar-refractivity contribution in [3.05, 3.63) is 0 Å². The summed E-state index contributed by atoms with van der Waals surface area (Å²) in [4.78, 5) is 28.9. The van der Waals surface area contributed by atoms with Crippen LogP contribution >= 0.6 is 0 Å². The van der Waals surface area contributed by atoms with E-state index in [2.05, 4.69) is 9.80 Å². The molecule has 5 heteroatoms. The van der Waals surface area contributed by atoms with Gasteiger partial charge < -0.3 is 4.74 Å². The molecule has 2 saturated heterocycles. The van der Waals surface area contributed by atoms with Gasteiger partial charge in [-0.15, -0.1) is 0 Å². The van der Waals surface area contributed by atoms with E-state index in [1.807, 2.05) is 0 Å². The summed E-state index contributed by atoms with van der Waals surface area (Å²) in [6.07, 6.45) is 2.49. The fraction of sp³-hybridized carbons (Fsp3) is 0.867. The number of carbonyl (C=O) groups excluding carboxylic acids is 2. The van der Waals surface area contributed by atoms with Gasteiger partial charge in [0.15, 0.2) is 5.78 Å². The zero-order chi connectivity index (χ0) is 14.8. The van der Waals surface area contributed by atoms with E-state index in [4.69, 9.17) is 4.74 Å². The monoisotopic (exact) mass is 282 g/mol. The number of carbonyl (C=O) groups is 2. The van der Waals surface area contributed by atoms with E-state index >= 15 is 0 Å². The average molecular weight is 282 g/mol. The number of ether oxygens (including phenoxy) is 1. The largest absolute Gasteiger partial charge is 0.465 e. The van der Waals surface area contributed by atoms with Crippen LogP contribution in [-0.4, -0.2) is 66.9 Å². The van der Waals surface area contributed by atoms with Gasteiger partial charge in [-0.2, -0.15) is 0 Å². The molecular weight excluding hydrogens is 256 g/mol. The van der Waals surface area contributed by atoms with E-state index in [0.717, 1.165) is 19.6 Å². The van der Waals surface area contributed by atoms with Gasteiger partial charge in [0.05, 0.1) is 13.2 Å². The highest BCUT2D eigenvalue weighted by Crippen LogP contribution is 2.24. The Hall–Kier alpha value is -0.940. The number of hydrogen-bond donors (Lipinski definition) is 0. The highest BCUT2D eigenvalue weighted by Gasteiger charge is 2.39. The van der Waals surface area contributed by atoms with Crippen LogP contribution in [0.3, 0.4) is 0 Å². The van der Waals surface area contributed by atoms with E-state index in [0.29, 0.717) is 19.2 Å². The Morgan fingerprint density at radius 1 is 1.25 bits per heavy atom. The molecule has 0 N–H and O–H groups in total. The third-order valence-corrected chi connectivity index (χ3v) is 4.52. The third kappa shape index (κ3) is 3.20. The molecule has 0 aliphatic carbocycles. The molecule has 0 amide bonds. The smallest absolute Gasteiger partial charge is 0.319 e. The first kappa shape index (κ1) is 15.4. The zero-order valence-corrected chi connectivity index (χ0v) is 12.9. The Morgan fingerprint density at radius 3 is 2.70 bits per heavy atom. The van der Waals surface area contributed by atoms with Crippen molar-refractivity contribution in [3.63, 3.8) is 0 Å². The normalized spacial score (nSPS) is 24.4. The summed E-state index contributed by atoms with van der Waals surface area (Å²) in [7, 11) is 0. The van der Waals surface area contributed by atoms with Crippen LogP contribution in [-0.2, 0) is 14.3 Å². The van der Waals surface area contributed by atoms with Gasteiger partial charge in [0.25, 0.3) is 0 Å². The summed E-state index contributed by atoms with van der Waals surface area (Å²) in [5.74, 6) is -0.452. The molecule has 2 aliphatic heterocycles. The summed E-state index contributed by atoms with van der Waals surface area (Å²) in [5, 5.41) is 0. The fourth-order valence-electron chi connectivity index (χ4n) is 3.03. The van der Waals surface area contributed by atoms with Crippen molar-refractivity contribution in [1.29, 1.82) is 0 Å². The molecular formula is C15H26N2O3. The Bertz CT molecular complexity index is 381. The van der Waals surface area contributed by atoms with E-state index < -0.39 is 11.4 Å². The summed E-state index contributed by atoms with van der Waals surface area (Å²) in [6.45, 7) is 9.87. The van der Waals surface area contributed by atoms with Gasteiger partial charge in [0.2, 0.25) is 0 Å². The Labute approximate surface area is 121 Å². The van der Waals surface area contributed by atoms with E-state index in [1.54, 1.807) is 20.8 Å². The maximum Gasteiger partial charge on any atom is 0.319 e. The van der Waals surface area contributed by atoms with E-state index in [1.165, 1.54) is 19.4 Å². The van der Waals surface area contributed by atoms with Crippen LogP contribution in [0.25, 0.3) is 0 Å². The van der Waals surface area contributed by atoms with Crippen LogP contribution < -0.4 is 0 Å². The fourth-order valence-corrected chi connectivity index (χ4v) is 3.03. The van der Waals surface area contributed by atoms with Crippen molar-refractivity contribution in [2.75, 3.05) is 39.3 Å². The number of hydrogen-bond acceptors (Lipinski definition) is 5. The number of piperazine rings is 1. The molecule has 0 aromatic rings. The predicted molar refractivity (Wildman–Crippen MR) is 76.5 cm³/mol. The zero-order valence-electron chi connectivity index (χ0n) is 12.9. The molecule has 5 nitrogen and oxygen atoms in total. The number of esters is 1. The average Bonchev–Trinajstić information content (AvgIpc) is 2.86. The molecule has 114 valence electrons. The van der Waals surface area contributed by atoms with Crippen LogP contribution in [0.2, 0.25) is 0 Å². The molecule has 2 rings (SSSR count). The first-order chi connectivity index (χ1) is 9.45. The van der Waals surface area contributed by atoms with Crippen molar-refractivity contribution >= 4 is 11.8 Å². The maximum absolute atomic E-state index is 12.4. The molecule has 2 aliphatic rings. The second-order valence-corrected chi connectivity index (χ2v) is 6.34. The van der Waals surface area contributed by atoms with Gasteiger partial charge in [-0.05, 0) is 40.2 Å². The molecule has 0 radical (unpaired) electrons. The lowest BCUT2D eigenvalue weighted by Crippen LogP contribution is -2.53. The number of Topliss-reactive ketones (excluding diaryl/α,β-unsaturated/α-hetero) is 1. The van der Waals surface area contributed by atoms with Crippen molar-refractivity contribution < 1.29 is 14.3 Å².